The highest BCUT2D eigenvalue weighted by Crippen LogP contribution is 2.12. The van der Waals surface area contributed by atoms with Gasteiger partial charge in [0, 0.05) is 15.7 Å². The van der Waals surface area contributed by atoms with Gasteiger partial charge in [0.15, 0.2) is 0 Å². The summed E-state index contributed by atoms with van der Waals surface area (Å²) in [6, 6.07) is 7.64. The van der Waals surface area contributed by atoms with E-state index < -0.39 is 12.0 Å². The molecule has 1 aromatic carbocycles. The zero-order chi connectivity index (χ0) is 13.5. The van der Waals surface area contributed by atoms with Gasteiger partial charge < -0.3 is 10.4 Å². The van der Waals surface area contributed by atoms with E-state index in [0.29, 0.717) is 17.3 Å². The van der Waals surface area contributed by atoms with Crippen LogP contribution in [0.25, 0.3) is 0 Å². The van der Waals surface area contributed by atoms with E-state index in [1.165, 1.54) is 0 Å². The van der Waals surface area contributed by atoms with Crippen LogP contribution in [0.4, 0.5) is 0 Å². The third-order valence-electron chi connectivity index (χ3n) is 2.30. The Morgan fingerprint density at radius 2 is 1.89 bits per heavy atom. The number of hydrogen-bond donors (Lipinski definition) is 2. The van der Waals surface area contributed by atoms with Crippen LogP contribution in [0.2, 0.25) is 0 Å². The van der Waals surface area contributed by atoms with E-state index in [1.807, 2.05) is 0 Å². The number of carbonyl (C=O) groups is 2. The smallest absolute Gasteiger partial charge is 0.326 e. The van der Waals surface area contributed by atoms with Crippen LogP contribution in [0.3, 0.4) is 0 Å². The number of amides is 1. The number of carboxylic acid groups (broad SMARTS) is 1. The first-order valence-corrected chi connectivity index (χ1v) is 7.37. The maximum Gasteiger partial charge on any atom is 0.326 e. The van der Waals surface area contributed by atoms with Gasteiger partial charge in [-0.15, -0.1) is 0 Å². The van der Waals surface area contributed by atoms with Crippen LogP contribution >= 0.6 is 31.9 Å². The zero-order valence-corrected chi connectivity index (χ0v) is 12.6. The summed E-state index contributed by atoms with van der Waals surface area (Å²) in [6.07, 6.45) is 0.319. The molecule has 1 rings (SSSR count). The molecule has 2 N–H and O–H groups in total. The molecule has 0 radical (unpaired) electrons. The third-order valence-corrected chi connectivity index (χ3v) is 4.65. The average molecular weight is 379 g/mol. The second-order valence-corrected chi connectivity index (χ2v) is 5.66. The van der Waals surface area contributed by atoms with Gasteiger partial charge in [-0.05, 0) is 18.6 Å². The van der Waals surface area contributed by atoms with Crippen LogP contribution in [0.5, 0.6) is 0 Å². The van der Waals surface area contributed by atoms with Crippen molar-refractivity contribution < 1.29 is 14.7 Å². The van der Waals surface area contributed by atoms with Crippen molar-refractivity contribution in [1.82, 2.24) is 5.32 Å². The maximum atomic E-state index is 11.8. The van der Waals surface area contributed by atoms with Crippen molar-refractivity contribution in [2.75, 3.05) is 5.33 Å². The summed E-state index contributed by atoms with van der Waals surface area (Å²) in [6.45, 7) is 0. The molecule has 0 aliphatic carbocycles. The largest absolute Gasteiger partial charge is 0.480 e. The molecule has 0 heterocycles. The summed E-state index contributed by atoms with van der Waals surface area (Å²) in [5.74, 6) is -1.41. The number of benzene rings is 1. The van der Waals surface area contributed by atoms with Crippen molar-refractivity contribution in [3.8, 4) is 0 Å². The third kappa shape index (κ3) is 4.78. The molecule has 0 saturated heterocycles. The first kappa shape index (κ1) is 15.2. The van der Waals surface area contributed by atoms with Crippen molar-refractivity contribution in [3.05, 3.63) is 35.9 Å². The molecule has 1 amide bonds. The number of halogens is 2. The Kier molecular flexibility index (Phi) is 6.35. The standard InChI is InChI=1S/C12H13Br2NO3/c13-7-9(14)6-10(12(17)18)15-11(16)8-4-2-1-3-5-8/h1-5,9-10H,6-7H2,(H,15,16)(H,17,18)/t9?,10-/m0/s1. The second-order valence-electron chi connectivity index (χ2n) is 3.72. The second kappa shape index (κ2) is 7.53. The Hall–Kier alpha value is -0.880. The number of rotatable bonds is 6. The first-order chi connectivity index (χ1) is 8.54. The number of nitrogens with one attached hydrogen (secondary N) is 1. The SMILES string of the molecule is O=C(N[C@@H](CC(Br)CBr)C(=O)O)c1ccccc1. The van der Waals surface area contributed by atoms with Crippen molar-refractivity contribution in [1.29, 1.82) is 0 Å². The van der Waals surface area contributed by atoms with E-state index in [9.17, 15) is 9.59 Å². The lowest BCUT2D eigenvalue weighted by molar-refractivity contribution is -0.139. The predicted octanol–water partition coefficient (Wildman–Crippen LogP) is 2.42. The summed E-state index contributed by atoms with van der Waals surface area (Å²) >= 11 is 6.58. The summed E-state index contributed by atoms with van der Waals surface area (Å²) < 4.78 is 0. The number of carboxylic acids is 1. The lowest BCUT2D eigenvalue weighted by Crippen LogP contribution is -2.42. The van der Waals surface area contributed by atoms with E-state index in [-0.39, 0.29) is 10.7 Å². The Bertz CT molecular complexity index is 411. The molecule has 1 aromatic rings. The van der Waals surface area contributed by atoms with E-state index >= 15 is 0 Å². The molecule has 2 atom stereocenters. The molecule has 0 spiro atoms. The van der Waals surface area contributed by atoms with Gasteiger partial charge in [0.2, 0.25) is 0 Å². The Labute approximate surface area is 122 Å². The molecule has 1 unspecified atom stereocenters. The number of carbonyl (C=O) groups excluding carboxylic acids is 1. The Morgan fingerprint density at radius 3 is 2.39 bits per heavy atom. The number of alkyl halides is 2. The van der Waals surface area contributed by atoms with Gasteiger partial charge in [0.1, 0.15) is 6.04 Å². The molecule has 6 heteroatoms. The number of hydrogen-bond acceptors (Lipinski definition) is 2. The highest BCUT2D eigenvalue weighted by atomic mass is 79.9. The predicted molar refractivity (Wildman–Crippen MR) is 76.5 cm³/mol. The summed E-state index contributed by atoms with van der Waals surface area (Å²) in [5, 5.41) is 12.2. The molecule has 0 bridgehead atoms. The first-order valence-electron chi connectivity index (χ1n) is 5.33. The van der Waals surface area contributed by atoms with Crippen LogP contribution in [0, 0.1) is 0 Å². The minimum absolute atomic E-state index is 0.00493. The highest BCUT2D eigenvalue weighted by Gasteiger charge is 2.23. The fraction of sp³-hybridized carbons (Fsp3) is 0.333. The maximum absolute atomic E-state index is 11.8. The van der Waals surface area contributed by atoms with Crippen molar-refractivity contribution in [2.45, 2.75) is 17.3 Å². The summed E-state index contributed by atoms with van der Waals surface area (Å²) in [5.41, 5.74) is 0.453. The van der Waals surface area contributed by atoms with Crippen LogP contribution in [0.1, 0.15) is 16.8 Å². The molecule has 98 valence electrons. The van der Waals surface area contributed by atoms with Gasteiger partial charge in [-0.25, -0.2) is 4.79 Å². The van der Waals surface area contributed by atoms with Crippen molar-refractivity contribution >= 4 is 43.7 Å². The highest BCUT2D eigenvalue weighted by molar-refractivity contribution is 9.12. The molecule has 4 nitrogen and oxygen atoms in total. The van der Waals surface area contributed by atoms with Gasteiger partial charge in [-0.2, -0.15) is 0 Å². The van der Waals surface area contributed by atoms with Crippen LogP contribution in [-0.2, 0) is 4.79 Å². The van der Waals surface area contributed by atoms with Gasteiger partial charge in [-0.1, -0.05) is 50.1 Å². The quantitative estimate of drug-likeness (QED) is 0.747. The van der Waals surface area contributed by atoms with Gasteiger partial charge in [0.05, 0.1) is 0 Å². The molecule has 0 aromatic heterocycles. The summed E-state index contributed by atoms with van der Waals surface area (Å²) in [7, 11) is 0. The minimum Gasteiger partial charge on any atom is -0.480 e. The molecule has 0 saturated carbocycles. The molecule has 0 aliphatic heterocycles. The van der Waals surface area contributed by atoms with Gasteiger partial charge in [0.25, 0.3) is 5.91 Å². The topological polar surface area (TPSA) is 66.4 Å². The lowest BCUT2D eigenvalue weighted by atomic mass is 10.1. The lowest BCUT2D eigenvalue weighted by Gasteiger charge is -2.16. The number of aliphatic carboxylic acids is 1. The Morgan fingerprint density at radius 1 is 1.28 bits per heavy atom. The monoisotopic (exact) mass is 377 g/mol. The van der Waals surface area contributed by atoms with E-state index in [2.05, 4.69) is 37.2 Å². The summed E-state index contributed by atoms with van der Waals surface area (Å²) in [4.78, 5) is 22.9. The molecule has 0 aliphatic rings. The fourth-order valence-corrected chi connectivity index (χ4v) is 2.01. The van der Waals surface area contributed by atoms with E-state index in [4.69, 9.17) is 5.11 Å². The minimum atomic E-state index is -1.04. The molecule has 18 heavy (non-hydrogen) atoms. The van der Waals surface area contributed by atoms with Crippen LogP contribution in [-0.4, -0.2) is 33.2 Å². The normalized spacial score (nSPS) is 13.7. The van der Waals surface area contributed by atoms with E-state index in [0.717, 1.165) is 0 Å². The van der Waals surface area contributed by atoms with Crippen LogP contribution < -0.4 is 5.32 Å². The average Bonchev–Trinajstić information content (AvgIpc) is 2.38. The van der Waals surface area contributed by atoms with Crippen LogP contribution in [0.15, 0.2) is 30.3 Å². The zero-order valence-electron chi connectivity index (χ0n) is 9.48. The fourth-order valence-electron chi connectivity index (χ4n) is 1.37. The van der Waals surface area contributed by atoms with Gasteiger partial charge in [-0.3, -0.25) is 4.79 Å². The molecular formula is C12H13Br2NO3. The van der Waals surface area contributed by atoms with Crippen molar-refractivity contribution in [3.63, 3.8) is 0 Å². The Balaban J connectivity index is 2.67. The molecule has 0 fully saturated rings. The van der Waals surface area contributed by atoms with Crippen molar-refractivity contribution in [2.24, 2.45) is 0 Å². The molecular weight excluding hydrogens is 366 g/mol. The van der Waals surface area contributed by atoms with Gasteiger partial charge >= 0.3 is 5.97 Å². The van der Waals surface area contributed by atoms with E-state index in [1.54, 1.807) is 30.3 Å².